The number of hydrogen-bond acceptors (Lipinski definition) is 4. The van der Waals surface area contributed by atoms with Gasteiger partial charge in [0.2, 0.25) is 5.91 Å². The van der Waals surface area contributed by atoms with Gasteiger partial charge in [0.05, 0.1) is 6.54 Å². The third-order valence-corrected chi connectivity index (χ3v) is 6.29. The van der Waals surface area contributed by atoms with Gasteiger partial charge in [0, 0.05) is 31.2 Å². The third-order valence-electron chi connectivity index (χ3n) is 5.92. The Morgan fingerprint density at radius 1 is 1.06 bits per heavy atom. The summed E-state index contributed by atoms with van der Waals surface area (Å²) in [4.78, 5) is 40.1. The van der Waals surface area contributed by atoms with Crippen molar-refractivity contribution in [2.45, 2.75) is 32.1 Å². The van der Waals surface area contributed by atoms with E-state index in [-0.39, 0.29) is 36.3 Å². The lowest BCUT2D eigenvalue weighted by Crippen LogP contribution is -2.62. The van der Waals surface area contributed by atoms with Crippen LogP contribution in [0.1, 0.15) is 39.0 Å². The molecule has 1 aliphatic heterocycles. The molecule has 1 aliphatic rings. The normalized spacial score (nSPS) is 17.4. The van der Waals surface area contributed by atoms with Gasteiger partial charge in [-0.3, -0.25) is 19.1 Å². The fourth-order valence-corrected chi connectivity index (χ4v) is 3.92. The molecule has 170 valence electrons. The van der Waals surface area contributed by atoms with E-state index in [1.165, 1.54) is 15.6 Å². The van der Waals surface area contributed by atoms with E-state index in [1.54, 1.807) is 20.0 Å². The Hall–Kier alpha value is -3.65. The molecule has 1 aromatic heterocycles. The van der Waals surface area contributed by atoms with Crippen molar-refractivity contribution in [2.75, 3.05) is 7.05 Å². The lowest BCUT2D eigenvalue weighted by atomic mass is 9.96. The molecule has 0 saturated carbocycles. The van der Waals surface area contributed by atoms with Gasteiger partial charge >= 0.3 is 0 Å². The van der Waals surface area contributed by atoms with Crippen molar-refractivity contribution in [3.8, 4) is 0 Å². The van der Waals surface area contributed by atoms with E-state index in [0.29, 0.717) is 11.6 Å². The number of aromatic nitrogens is 2. The SMILES string of the molecule is CN1C(=O)c2cc(C(=O)NCc3ccccc3Cl)nn2CC1(C)C(=O)NCc1ccccc1. The molecule has 0 fully saturated rings. The van der Waals surface area contributed by atoms with Crippen molar-refractivity contribution in [1.82, 2.24) is 25.3 Å². The second-order valence-electron chi connectivity index (χ2n) is 8.15. The van der Waals surface area contributed by atoms with Gasteiger partial charge in [-0.05, 0) is 24.1 Å². The molecule has 4 rings (SSSR count). The average molecular weight is 466 g/mol. The number of benzene rings is 2. The van der Waals surface area contributed by atoms with Crippen LogP contribution in [0.15, 0.2) is 60.7 Å². The highest BCUT2D eigenvalue weighted by molar-refractivity contribution is 6.31. The van der Waals surface area contributed by atoms with Gasteiger partial charge in [-0.25, -0.2) is 0 Å². The number of likely N-dealkylation sites (N-methyl/N-ethyl adjacent to an activating group) is 1. The van der Waals surface area contributed by atoms with Gasteiger partial charge in [0.25, 0.3) is 11.8 Å². The smallest absolute Gasteiger partial charge is 0.272 e. The summed E-state index contributed by atoms with van der Waals surface area (Å²) in [5.41, 5.74) is 0.934. The molecule has 8 nitrogen and oxygen atoms in total. The summed E-state index contributed by atoms with van der Waals surface area (Å²) in [5, 5.41) is 10.5. The average Bonchev–Trinajstić information content (AvgIpc) is 3.25. The van der Waals surface area contributed by atoms with Crippen LogP contribution in [0.2, 0.25) is 5.02 Å². The van der Waals surface area contributed by atoms with E-state index in [2.05, 4.69) is 15.7 Å². The summed E-state index contributed by atoms with van der Waals surface area (Å²) in [6.45, 7) is 2.39. The van der Waals surface area contributed by atoms with Gasteiger partial charge < -0.3 is 15.5 Å². The van der Waals surface area contributed by atoms with E-state index in [1.807, 2.05) is 48.5 Å². The monoisotopic (exact) mass is 465 g/mol. The van der Waals surface area contributed by atoms with Crippen LogP contribution in [0.3, 0.4) is 0 Å². The number of halogens is 1. The van der Waals surface area contributed by atoms with Crippen LogP contribution in [0.4, 0.5) is 0 Å². The van der Waals surface area contributed by atoms with E-state index in [9.17, 15) is 14.4 Å². The van der Waals surface area contributed by atoms with Crippen LogP contribution < -0.4 is 10.6 Å². The lowest BCUT2D eigenvalue weighted by molar-refractivity contribution is -0.132. The highest BCUT2D eigenvalue weighted by Crippen LogP contribution is 2.26. The summed E-state index contributed by atoms with van der Waals surface area (Å²) >= 11 is 6.14. The van der Waals surface area contributed by atoms with Crippen LogP contribution >= 0.6 is 11.6 Å². The first-order valence-corrected chi connectivity index (χ1v) is 10.9. The first-order valence-electron chi connectivity index (χ1n) is 10.5. The largest absolute Gasteiger partial charge is 0.350 e. The quantitative estimate of drug-likeness (QED) is 0.585. The maximum Gasteiger partial charge on any atom is 0.272 e. The summed E-state index contributed by atoms with van der Waals surface area (Å²) in [5.74, 6) is -1.10. The molecule has 2 aromatic carbocycles. The Labute approximate surface area is 196 Å². The van der Waals surface area contributed by atoms with E-state index in [4.69, 9.17) is 11.6 Å². The first-order chi connectivity index (χ1) is 15.8. The van der Waals surface area contributed by atoms with E-state index in [0.717, 1.165) is 11.1 Å². The number of nitrogens with one attached hydrogen (secondary N) is 2. The summed E-state index contributed by atoms with van der Waals surface area (Å²) in [7, 11) is 1.58. The fourth-order valence-electron chi connectivity index (χ4n) is 3.71. The number of rotatable bonds is 6. The zero-order valence-corrected chi connectivity index (χ0v) is 19.1. The molecule has 0 saturated heterocycles. The molecule has 9 heteroatoms. The molecule has 3 amide bonds. The van der Waals surface area contributed by atoms with Crippen LogP contribution in [-0.4, -0.2) is 45.0 Å². The number of nitrogens with zero attached hydrogens (tertiary/aromatic N) is 3. The van der Waals surface area contributed by atoms with Crippen LogP contribution in [-0.2, 0) is 24.4 Å². The Balaban J connectivity index is 1.48. The van der Waals surface area contributed by atoms with Crippen molar-refractivity contribution < 1.29 is 14.4 Å². The molecule has 2 heterocycles. The minimum Gasteiger partial charge on any atom is -0.350 e. The maximum atomic E-state index is 13.1. The standard InChI is InChI=1S/C24H24ClN5O3/c1-24(23(33)27-13-16-8-4-3-5-9-16)15-30-20(22(32)29(24)2)12-19(28-30)21(31)26-14-17-10-6-7-11-18(17)25/h3-12H,13-15H2,1-2H3,(H,26,31)(H,27,33). The van der Waals surface area contributed by atoms with Crippen molar-refractivity contribution in [3.05, 3.63) is 88.2 Å². The van der Waals surface area contributed by atoms with E-state index < -0.39 is 11.4 Å². The van der Waals surface area contributed by atoms with E-state index >= 15 is 0 Å². The Bertz CT molecular complexity index is 1210. The molecular formula is C24H24ClN5O3. The predicted octanol–water partition coefficient (Wildman–Crippen LogP) is 2.63. The maximum absolute atomic E-state index is 13.1. The van der Waals surface area contributed by atoms with Crippen LogP contribution in [0, 0.1) is 0 Å². The molecule has 0 aliphatic carbocycles. The highest BCUT2D eigenvalue weighted by atomic mass is 35.5. The summed E-state index contributed by atoms with van der Waals surface area (Å²) in [6.07, 6.45) is 0. The number of carbonyl (C=O) groups excluding carboxylic acids is 3. The van der Waals surface area contributed by atoms with Gasteiger partial charge in [0.1, 0.15) is 11.2 Å². The summed E-state index contributed by atoms with van der Waals surface area (Å²) < 4.78 is 1.43. The Kier molecular flexibility index (Phi) is 6.20. The predicted molar refractivity (Wildman–Crippen MR) is 124 cm³/mol. The zero-order valence-electron chi connectivity index (χ0n) is 18.3. The lowest BCUT2D eigenvalue weighted by Gasteiger charge is -2.40. The molecule has 0 bridgehead atoms. The second-order valence-corrected chi connectivity index (χ2v) is 8.56. The first kappa shape index (κ1) is 22.5. The Morgan fingerprint density at radius 3 is 2.48 bits per heavy atom. The molecule has 1 atom stereocenters. The van der Waals surface area contributed by atoms with Gasteiger partial charge in [-0.2, -0.15) is 5.10 Å². The fraction of sp³-hybridized carbons (Fsp3) is 0.250. The zero-order chi connectivity index (χ0) is 23.6. The van der Waals surface area contributed by atoms with Crippen molar-refractivity contribution >= 4 is 29.3 Å². The molecule has 2 N–H and O–H groups in total. The topological polar surface area (TPSA) is 96.3 Å². The molecule has 0 spiro atoms. The minimum atomic E-state index is -1.16. The van der Waals surface area contributed by atoms with Crippen molar-refractivity contribution in [2.24, 2.45) is 0 Å². The van der Waals surface area contributed by atoms with Crippen LogP contribution in [0.5, 0.6) is 0 Å². The van der Waals surface area contributed by atoms with Gasteiger partial charge in [-0.1, -0.05) is 60.1 Å². The number of carbonyl (C=O) groups is 3. The highest BCUT2D eigenvalue weighted by Gasteiger charge is 2.46. The van der Waals surface area contributed by atoms with Crippen molar-refractivity contribution in [3.63, 3.8) is 0 Å². The van der Waals surface area contributed by atoms with Crippen molar-refractivity contribution in [1.29, 1.82) is 0 Å². The molecule has 3 aromatic rings. The number of amides is 3. The Morgan fingerprint density at radius 2 is 1.76 bits per heavy atom. The third kappa shape index (κ3) is 4.47. The molecule has 0 radical (unpaired) electrons. The molecule has 33 heavy (non-hydrogen) atoms. The molecule has 1 unspecified atom stereocenters. The van der Waals surface area contributed by atoms with Gasteiger partial charge in [0.15, 0.2) is 5.69 Å². The summed E-state index contributed by atoms with van der Waals surface area (Å²) in [6, 6.07) is 18.2. The molecular weight excluding hydrogens is 442 g/mol. The number of fused-ring (bicyclic) bond motifs is 1. The number of hydrogen-bond donors (Lipinski definition) is 2. The van der Waals surface area contributed by atoms with Crippen LogP contribution in [0.25, 0.3) is 0 Å². The minimum absolute atomic E-state index is 0.104. The second kappa shape index (κ2) is 9.07. The van der Waals surface area contributed by atoms with Gasteiger partial charge in [-0.15, -0.1) is 0 Å².